The smallest absolute Gasteiger partial charge is 0.328 e. The van der Waals surface area contributed by atoms with E-state index in [0.29, 0.717) is 11.1 Å². The normalized spacial score (nSPS) is 14.3. The first-order chi connectivity index (χ1) is 14.9. The first kappa shape index (κ1) is 23.6. The molecular formula is C23H25N3O5. The van der Waals surface area contributed by atoms with Crippen molar-refractivity contribution in [2.75, 3.05) is 7.11 Å². The van der Waals surface area contributed by atoms with Gasteiger partial charge in [0.2, 0.25) is 0 Å². The number of hydrogen-bond donors (Lipinski definition) is 3. The molecule has 2 aromatic rings. The Morgan fingerprint density at radius 2 is 1.61 bits per heavy atom. The van der Waals surface area contributed by atoms with Gasteiger partial charge in [-0.1, -0.05) is 55.5 Å². The Labute approximate surface area is 180 Å². The highest BCUT2D eigenvalue weighted by molar-refractivity contribution is 5.95. The molecule has 0 aliphatic rings. The molecule has 0 aliphatic carbocycles. The van der Waals surface area contributed by atoms with Gasteiger partial charge in [0.25, 0.3) is 11.8 Å². The molecule has 0 aromatic heterocycles. The minimum atomic E-state index is -1.70. The molecule has 0 radical (unpaired) electrons. The molecule has 2 amide bonds. The molecule has 2 rings (SSSR count). The summed E-state index contributed by atoms with van der Waals surface area (Å²) in [6, 6.07) is 16.7. The van der Waals surface area contributed by atoms with E-state index in [-0.39, 0.29) is 6.42 Å². The standard InChI is InChI=1S/C23H25N3O5/c1-15(13-14-24)18(23(30)31-2)25-22(29)20(27)19(16-9-5-3-6-10-16)26-21(28)17-11-7-4-8-12-17/h3-12,15,18-20,27H,13H2,1-2H3,(H,25,29)(H,26,28)/t15-,18-,19+,20-/m1/s1. The van der Waals surface area contributed by atoms with E-state index in [2.05, 4.69) is 10.6 Å². The van der Waals surface area contributed by atoms with E-state index in [9.17, 15) is 19.5 Å². The third-order valence-corrected chi connectivity index (χ3v) is 4.80. The number of nitrogens with zero attached hydrogens (tertiary/aromatic N) is 1. The average Bonchev–Trinajstić information content (AvgIpc) is 2.80. The van der Waals surface area contributed by atoms with Crippen LogP contribution in [0.15, 0.2) is 60.7 Å². The molecule has 0 saturated heterocycles. The van der Waals surface area contributed by atoms with Crippen LogP contribution in [0.5, 0.6) is 0 Å². The highest BCUT2D eigenvalue weighted by atomic mass is 16.5. The van der Waals surface area contributed by atoms with Gasteiger partial charge in [0.05, 0.1) is 19.2 Å². The van der Waals surface area contributed by atoms with Crippen molar-refractivity contribution in [2.45, 2.75) is 31.5 Å². The maximum absolute atomic E-state index is 12.8. The van der Waals surface area contributed by atoms with Gasteiger partial charge in [-0.05, 0) is 17.7 Å². The maximum Gasteiger partial charge on any atom is 0.328 e. The second-order valence-electron chi connectivity index (χ2n) is 7.02. The van der Waals surface area contributed by atoms with Gasteiger partial charge < -0.3 is 20.5 Å². The van der Waals surface area contributed by atoms with E-state index in [1.807, 2.05) is 6.07 Å². The zero-order chi connectivity index (χ0) is 22.8. The van der Waals surface area contributed by atoms with Crippen molar-refractivity contribution < 1.29 is 24.2 Å². The molecule has 0 bridgehead atoms. The van der Waals surface area contributed by atoms with Crippen molar-refractivity contribution in [3.8, 4) is 6.07 Å². The van der Waals surface area contributed by atoms with Crippen LogP contribution in [0.1, 0.15) is 35.3 Å². The van der Waals surface area contributed by atoms with Crippen LogP contribution < -0.4 is 10.6 Å². The van der Waals surface area contributed by atoms with Crippen LogP contribution in [-0.2, 0) is 14.3 Å². The SMILES string of the molecule is COC(=O)[C@H](NC(=O)[C@H](O)[C@@H](NC(=O)c1ccccc1)c1ccccc1)[C@H](C)CC#N. The lowest BCUT2D eigenvalue weighted by Crippen LogP contribution is -2.52. The zero-order valence-corrected chi connectivity index (χ0v) is 17.3. The number of amides is 2. The Kier molecular flexibility index (Phi) is 8.73. The maximum atomic E-state index is 12.8. The van der Waals surface area contributed by atoms with Gasteiger partial charge in [-0.3, -0.25) is 9.59 Å². The van der Waals surface area contributed by atoms with E-state index < -0.39 is 41.9 Å². The lowest BCUT2D eigenvalue weighted by molar-refractivity contribution is -0.148. The average molecular weight is 423 g/mol. The van der Waals surface area contributed by atoms with Gasteiger partial charge in [-0.2, -0.15) is 5.26 Å². The molecule has 0 fully saturated rings. The molecule has 0 saturated carbocycles. The molecule has 3 N–H and O–H groups in total. The summed E-state index contributed by atoms with van der Waals surface area (Å²) < 4.78 is 4.71. The number of hydrogen-bond acceptors (Lipinski definition) is 6. The molecule has 31 heavy (non-hydrogen) atoms. The van der Waals surface area contributed by atoms with E-state index in [1.54, 1.807) is 67.6 Å². The molecule has 8 nitrogen and oxygen atoms in total. The van der Waals surface area contributed by atoms with Crippen LogP contribution in [-0.4, -0.2) is 42.1 Å². The second kappa shape index (κ2) is 11.5. The number of rotatable bonds is 9. The fraction of sp³-hybridized carbons (Fsp3) is 0.304. The Balaban J connectivity index is 2.26. The van der Waals surface area contributed by atoms with Crippen molar-refractivity contribution in [3.63, 3.8) is 0 Å². The summed E-state index contributed by atoms with van der Waals surface area (Å²) in [5.41, 5.74) is 0.875. The number of aliphatic hydroxyl groups excluding tert-OH is 1. The number of methoxy groups -OCH3 is 1. The fourth-order valence-electron chi connectivity index (χ4n) is 3.03. The number of esters is 1. The van der Waals surface area contributed by atoms with Gasteiger partial charge in [0.15, 0.2) is 6.10 Å². The van der Waals surface area contributed by atoms with Crippen LogP contribution in [0.2, 0.25) is 0 Å². The Hall–Kier alpha value is -3.70. The number of nitrogens with one attached hydrogen (secondary N) is 2. The fourth-order valence-corrected chi connectivity index (χ4v) is 3.03. The highest BCUT2D eigenvalue weighted by Gasteiger charge is 2.34. The lowest BCUT2D eigenvalue weighted by atomic mass is 9.96. The van der Waals surface area contributed by atoms with Crippen LogP contribution in [0.3, 0.4) is 0 Å². The Morgan fingerprint density at radius 1 is 1.03 bits per heavy atom. The highest BCUT2D eigenvalue weighted by Crippen LogP contribution is 2.19. The quantitative estimate of drug-likeness (QED) is 0.527. The molecule has 2 aromatic carbocycles. The predicted octanol–water partition coefficient (Wildman–Crippen LogP) is 1.73. The van der Waals surface area contributed by atoms with Crippen LogP contribution in [0.25, 0.3) is 0 Å². The second-order valence-corrected chi connectivity index (χ2v) is 7.02. The molecule has 0 heterocycles. The van der Waals surface area contributed by atoms with E-state index in [0.717, 1.165) is 0 Å². The van der Waals surface area contributed by atoms with E-state index >= 15 is 0 Å². The first-order valence-corrected chi connectivity index (χ1v) is 9.73. The monoisotopic (exact) mass is 423 g/mol. The molecule has 8 heteroatoms. The number of ether oxygens (including phenoxy) is 1. The van der Waals surface area contributed by atoms with Crippen LogP contribution in [0, 0.1) is 17.2 Å². The van der Waals surface area contributed by atoms with Crippen molar-refractivity contribution in [1.29, 1.82) is 5.26 Å². The van der Waals surface area contributed by atoms with Gasteiger partial charge in [-0.15, -0.1) is 0 Å². The third kappa shape index (κ3) is 6.39. The molecular weight excluding hydrogens is 398 g/mol. The summed E-state index contributed by atoms with van der Waals surface area (Å²) in [5, 5.41) is 24.8. The van der Waals surface area contributed by atoms with Gasteiger partial charge in [0, 0.05) is 17.9 Å². The summed E-state index contributed by atoms with van der Waals surface area (Å²) >= 11 is 0. The minimum absolute atomic E-state index is 0.00298. The van der Waals surface area contributed by atoms with Crippen LogP contribution in [0.4, 0.5) is 0 Å². The molecule has 162 valence electrons. The topological polar surface area (TPSA) is 129 Å². The Bertz CT molecular complexity index is 927. The van der Waals surface area contributed by atoms with E-state index in [4.69, 9.17) is 10.00 Å². The van der Waals surface area contributed by atoms with Crippen molar-refractivity contribution in [1.82, 2.24) is 10.6 Å². The molecule has 0 aliphatic heterocycles. The largest absolute Gasteiger partial charge is 0.467 e. The number of aliphatic hydroxyl groups is 1. The van der Waals surface area contributed by atoms with Crippen molar-refractivity contribution in [2.24, 2.45) is 5.92 Å². The number of benzene rings is 2. The number of carbonyl (C=O) groups excluding carboxylic acids is 3. The summed E-state index contributed by atoms with van der Waals surface area (Å²) in [6.45, 7) is 1.61. The van der Waals surface area contributed by atoms with Crippen molar-refractivity contribution >= 4 is 17.8 Å². The van der Waals surface area contributed by atoms with Crippen molar-refractivity contribution in [3.05, 3.63) is 71.8 Å². The predicted molar refractivity (Wildman–Crippen MR) is 112 cm³/mol. The summed E-state index contributed by atoms with van der Waals surface area (Å²) in [5.74, 6) is -2.61. The van der Waals surface area contributed by atoms with Gasteiger partial charge in [-0.25, -0.2) is 4.79 Å². The summed E-state index contributed by atoms with van der Waals surface area (Å²) in [7, 11) is 1.17. The first-order valence-electron chi connectivity index (χ1n) is 9.73. The Morgan fingerprint density at radius 3 is 2.16 bits per heavy atom. The summed E-state index contributed by atoms with van der Waals surface area (Å²) in [6.07, 6.45) is -1.69. The number of nitriles is 1. The lowest BCUT2D eigenvalue weighted by Gasteiger charge is -2.27. The third-order valence-electron chi connectivity index (χ3n) is 4.80. The van der Waals surface area contributed by atoms with Gasteiger partial charge in [0.1, 0.15) is 6.04 Å². The van der Waals surface area contributed by atoms with Gasteiger partial charge >= 0.3 is 5.97 Å². The number of carbonyl (C=O) groups is 3. The molecule has 4 atom stereocenters. The molecule has 0 spiro atoms. The molecule has 0 unspecified atom stereocenters. The zero-order valence-electron chi connectivity index (χ0n) is 17.3. The van der Waals surface area contributed by atoms with Crippen LogP contribution >= 0.6 is 0 Å². The van der Waals surface area contributed by atoms with E-state index in [1.165, 1.54) is 7.11 Å². The minimum Gasteiger partial charge on any atom is -0.467 e. The summed E-state index contributed by atoms with van der Waals surface area (Å²) in [4.78, 5) is 37.6.